The van der Waals surface area contributed by atoms with E-state index in [1.165, 1.54) is 18.9 Å². The Hall–Kier alpha value is -0.810. The maximum atomic E-state index is 11.0. The maximum absolute atomic E-state index is 11.0. The molecule has 0 aromatic carbocycles. The van der Waals surface area contributed by atoms with Crippen LogP contribution in [0.5, 0.6) is 0 Å². The van der Waals surface area contributed by atoms with E-state index in [2.05, 4.69) is 14.7 Å². The Morgan fingerprint density at radius 2 is 2.11 bits per heavy atom. The SMILES string of the molecule is COC(=O)CCSc1nc(C(C)C)nc(Cl)c1C. The van der Waals surface area contributed by atoms with Gasteiger partial charge in [-0.15, -0.1) is 11.8 Å². The zero-order valence-corrected chi connectivity index (χ0v) is 12.6. The first-order chi connectivity index (χ1) is 8.45. The van der Waals surface area contributed by atoms with Crippen LogP contribution < -0.4 is 0 Å². The fraction of sp³-hybridized carbons (Fsp3) is 0.583. The van der Waals surface area contributed by atoms with Gasteiger partial charge in [-0.1, -0.05) is 25.4 Å². The number of methoxy groups -OCH3 is 1. The van der Waals surface area contributed by atoms with Gasteiger partial charge in [0, 0.05) is 17.2 Å². The molecule has 0 aliphatic rings. The van der Waals surface area contributed by atoms with Crippen LogP contribution in [0, 0.1) is 6.92 Å². The second-order valence-electron chi connectivity index (χ2n) is 4.13. The fourth-order valence-electron chi connectivity index (χ4n) is 1.22. The Labute approximate surface area is 116 Å². The van der Waals surface area contributed by atoms with Crippen molar-refractivity contribution < 1.29 is 9.53 Å². The normalized spacial score (nSPS) is 10.8. The third kappa shape index (κ3) is 4.14. The van der Waals surface area contributed by atoms with Gasteiger partial charge in [-0.3, -0.25) is 4.79 Å². The Kier molecular flexibility index (Phi) is 5.88. The first kappa shape index (κ1) is 15.2. The highest BCUT2D eigenvalue weighted by atomic mass is 35.5. The first-order valence-electron chi connectivity index (χ1n) is 5.69. The topological polar surface area (TPSA) is 52.1 Å². The van der Waals surface area contributed by atoms with Gasteiger partial charge in [0.05, 0.1) is 13.5 Å². The van der Waals surface area contributed by atoms with Gasteiger partial charge in [-0.25, -0.2) is 9.97 Å². The Morgan fingerprint density at radius 3 is 2.67 bits per heavy atom. The van der Waals surface area contributed by atoms with Crippen molar-refractivity contribution in [2.24, 2.45) is 0 Å². The van der Waals surface area contributed by atoms with Gasteiger partial charge in [0.2, 0.25) is 0 Å². The molecule has 0 saturated heterocycles. The van der Waals surface area contributed by atoms with Crippen LogP contribution in [0.3, 0.4) is 0 Å². The molecule has 0 unspecified atom stereocenters. The summed E-state index contributed by atoms with van der Waals surface area (Å²) in [6.45, 7) is 5.92. The molecule has 0 saturated carbocycles. The summed E-state index contributed by atoms with van der Waals surface area (Å²) in [5.41, 5.74) is 0.857. The minimum atomic E-state index is -0.218. The monoisotopic (exact) mass is 288 g/mol. The molecule has 0 aliphatic heterocycles. The minimum absolute atomic E-state index is 0.218. The number of halogens is 1. The lowest BCUT2D eigenvalue weighted by Crippen LogP contribution is -2.04. The van der Waals surface area contributed by atoms with Crippen molar-refractivity contribution in [1.29, 1.82) is 0 Å². The molecule has 4 nitrogen and oxygen atoms in total. The van der Waals surface area contributed by atoms with E-state index in [0.29, 0.717) is 17.3 Å². The molecule has 0 N–H and O–H groups in total. The highest BCUT2D eigenvalue weighted by Crippen LogP contribution is 2.27. The number of rotatable bonds is 5. The molecular formula is C12H17ClN2O2S. The van der Waals surface area contributed by atoms with E-state index in [1.54, 1.807) is 0 Å². The molecule has 0 radical (unpaired) electrons. The van der Waals surface area contributed by atoms with E-state index in [-0.39, 0.29) is 11.9 Å². The number of ether oxygens (including phenoxy) is 1. The molecule has 100 valence electrons. The Morgan fingerprint density at radius 1 is 1.44 bits per heavy atom. The summed E-state index contributed by atoms with van der Waals surface area (Å²) in [6, 6.07) is 0. The van der Waals surface area contributed by atoms with E-state index in [9.17, 15) is 4.79 Å². The smallest absolute Gasteiger partial charge is 0.306 e. The minimum Gasteiger partial charge on any atom is -0.469 e. The summed E-state index contributed by atoms with van der Waals surface area (Å²) in [5, 5.41) is 1.32. The quantitative estimate of drug-likeness (QED) is 0.473. The summed E-state index contributed by atoms with van der Waals surface area (Å²) in [5.74, 6) is 1.36. The number of hydrogen-bond donors (Lipinski definition) is 0. The van der Waals surface area contributed by atoms with Crippen LogP contribution in [0.15, 0.2) is 5.03 Å². The molecule has 0 amide bonds. The van der Waals surface area contributed by atoms with Crippen molar-refractivity contribution in [3.63, 3.8) is 0 Å². The molecule has 18 heavy (non-hydrogen) atoms. The molecule has 6 heteroatoms. The van der Waals surface area contributed by atoms with E-state index in [0.717, 1.165) is 16.4 Å². The van der Waals surface area contributed by atoms with E-state index in [1.807, 2.05) is 20.8 Å². The van der Waals surface area contributed by atoms with E-state index in [4.69, 9.17) is 11.6 Å². The molecule has 0 atom stereocenters. The highest BCUT2D eigenvalue weighted by Gasteiger charge is 2.12. The second-order valence-corrected chi connectivity index (χ2v) is 5.57. The largest absolute Gasteiger partial charge is 0.469 e. The molecule has 1 heterocycles. The maximum Gasteiger partial charge on any atom is 0.306 e. The van der Waals surface area contributed by atoms with Crippen LogP contribution in [-0.4, -0.2) is 28.8 Å². The third-order valence-corrected chi connectivity index (χ3v) is 3.80. The lowest BCUT2D eigenvalue weighted by atomic mass is 10.2. The molecule has 0 spiro atoms. The van der Waals surface area contributed by atoms with Crippen LogP contribution in [0.1, 0.15) is 37.6 Å². The zero-order valence-electron chi connectivity index (χ0n) is 11.0. The van der Waals surface area contributed by atoms with Crippen LogP contribution in [-0.2, 0) is 9.53 Å². The van der Waals surface area contributed by atoms with E-state index < -0.39 is 0 Å². The lowest BCUT2D eigenvalue weighted by Gasteiger charge is -2.10. The third-order valence-electron chi connectivity index (χ3n) is 2.35. The van der Waals surface area contributed by atoms with Gasteiger partial charge in [0.15, 0.2) is 0 Å². The van der Waals surface area contributed by atoms with Gasteiger partial charge < -0.3 is 4.74 Å². The Bertz CT molecular complexity index is 438. The molecular weight excluding hydrogens is 272 g/mol. The molecule has 1 aromatic heterocycles. The molecule has 1 aromatic rings. The summed E-state index contributed by atoms with van der Waals surface area (Å²) in [7, 11) is 1.39. The zero-order chi connectivity index (χ0) is 13.7. The molecule has 0 bridgehead atoms. The lowest BCUT2D eigenvalue weighted by molar-refractivity contribution is -0.140. The number of thioether (sulfide) groups is 1. The number of nitrogens with zero attached hydrogens (tertiary/aromatic N) is 2. The average Bonchev–Trinajstić information content (AvgIpc) is 2.33. The van der Waals surface area contributed by atoms with Crippen molar-refractivity contribution in [3.05, 3.63) is 16.5 Å². The summed E-state index contributed by atoms with van der Waals surface area (Å²) >= 11 is 7.58. The summed E-state index contributed by atoms with van der Waals surface area (Å²) < 4.78 is 4.59. The number of hydrogen-bond acceptors (Lipinski definition) is 5. The van der Waals surface area contributed by atoms with Crippen molar-refractivity contribution >= 4 is 29.3 Å². The van der Waals surface area contributed by atoms with Crippen LogP contribution in [0.25, 0.3) is 0 Å². The molecule has 0 aliphatic carbocycles. The predicted molar refractivity (Wildman–Crippen MR) is 73.2 cm³/mol. The van der Waals surface area contributed by atoms with E-state index >= 15 is 0 Å². The molecule has 0 fully saturated rings. The van der Waals surface area contributed by atoms with Crippen LogP contribution in [0.2, 0.25) is 5.15 Å². The number of carbonyl (C=O) groups is 1. The molecule has 1 rings (SSSR count). The van der Waals surface area contributed by atoms with Crippen LogP contribution >= 0.6 is 23.4 Å². The van der Waals surface area contributed by atoms with Gasteiger partial charge in [0.25, 0.3) is 0 Å². The number of aromatic nitrogens is 2. The van der Waals surface area contributed by atoms with Crippen LogP contribution in [0.4, 0.5) is 0 Å². The van der Waals surface area contributed by atoms with Crippen molar-refractivity contribution in [3.8, 4) is 0 Å². The van der Waals surface area contributed by atoms with Gasteiger partial charge in [-0.2, -0.15) is 0 Å². The highest BCUT2D eigenvalue weighted by molar-refractivity contribution is 7.99. The summed E-state index contributed by atoms with van der Waals surface area (Å²) in [6.07, 6.45) is 0.360. The fourth-order valence-corrected chi connectivity index (χ4v) is 2.38. The standard InChI is InChI=1S/C12H17ClN2O2S/c1-7(2)11-14-10(13)8(3)12(15-11)18-6-5-9(16)17-4/h7H,5-6H2,1-4H3. The summed E-state index contributed by atoms with van der Waals surface area (Å²) in [4.78, 5) is 19.7. The predicted octanol–water partition coefficient (Wildman–Crippen LogP) is 3.22. The number of esters is 1. The van der Waals surface area contributed by atoms with Crippen molar-refractivity contribution in [2.75, 3.05) is 12.9 Å². The van der Waals surface area contributed by atoms with Gasteiger partial charge >= 0.3 is 5.97 Å². The van der Waals surface area contributed by atoms with Crippen molar-refractivity contribution in [1.82, 2.24) is 9.97 Å². The average molecular weight is 289 g/mol. The van der Waals surface area contributed by atoms with Gasteiger partial charge in [-0.05, 0) is 6.92 Å². The first-order valence-corrected chi connectivity index (χ1v) is 7.05. The Balaban J connectivity index is 2.78. The van der Waals surface area contributed by atoms with Crippen molar-refractivity contribution in [2.45, 2.75) is 38.1 Å². The van der Waals surface area contributed by atoms with Gasteiger partial charge in [0.1, 0.15) is 16.0 Å². The second kappa shape index (κ2) is 6.95. The number of carbonyl (C=O) groups excluding carboxylic acids is 1.